The van der Waals surface area contributed by atoms with Crippen LogP contribution in [0.25, 0.3) is 0 Å². The van der Waals surface area contributed by atoms with Gasteiger partial charge in [0.2, 0.25) is 4.23 Å². The first-order chi connectivity index (χ1) is 11.1. The number of nitro groups is 1. The number of nitrogens with zero attached hydrogens (tertiary/aromatic N) is 1. The van der Waals surface area contributed by atoms with E-state index in [0.717, 1.165) is 6.92 Å². The van der Waals surface area contributed by atoms with Gasteiger partial charge in [0, 0.05) is 16.7 Å². The number of ether oxygens (including phenoxy) is 1. The molecule has 0 radical (unpaired) electrons. The normalized spacial score (nSPS) is 13.0. The predicted molar refractivity (Wildman–Crippen MR) is 92.2 cm³/mol. The summed E-state index contributed by atoms with van der Waals surface area (Å²) >= 11 is 0.181. The molecule has 0 aromatic heterocycles. The van der Waals surface area contributed by atoms with Gasteiger partial charge in [0.1, 0.15) is 5.75 Å². The van der Waals surface area contributed by atoms with E-state index in [4.69, 9.17) is 4.74 Å². The monoisotopic (exact) mass is 415 g/mol. The molecule has 0 saturated carbocycles. The Morgan fingerprint density at radius 2 is 1.48 bits per heavy atom. The molecule has 0 saturated heterocycles. The van der Waals surface area contributed by atoms with Gasteiger partial charge in [0.15, 0.2) is 0 Å². The van der Waals surface area contributed by atoms with Gasteiger partial charge in [-0.2, -0.15) is 0 Å². The lowest BCUT2D eigenvalue weighted by Crippen LogP contribution is -2.21. The Morgan fingerprint density at radius 1 is 1.04 bits per heavy atom. The molecule has 0 aliphatic heterocycles. The van der Waals surface area contributed by atoms with Crippen LogP contribution in [-0.2, 0) is 9.13 Å². The molecule has 0 aliphatic rings. The van der Waals surface area contributed by atoms with E-state index in [1.54, 1.807) is 0 Å². The maximum absolute atomic E-state index is 11.8. The molecule has 0 aliphatic carbocycles. The maximum atomic E-state index is 11.8. The van der Waals surface area contributed by atoms with Crippen molar-refractivity contribution in [3.63, 3.8) is 0 Å². The summed E-state index contributed by atoms with van der Waals surface area (Å²) in [5, 5.41) is 11.4. The van der Waals surface area contributed by atoms with Crippen molar-refractivity contribution in [2.24, 2.45) is 0 Å². The zero-order chi connectivity index (χ0) is 20.0. The van der Waals surface area contributed by atoms with Crippen LogP contribution in [-0.4, -0.2) is 35.8 Å². The van der Waals surface area contributed by atoms with Gasteiger partial charge in [0.05, 0.1) is 16.9 Å². The van der Waals surface area contributed by atoms with Crippen LogP contribution < -0.4 is 4.74 Å². The van der Waals surface area contributed by atoms with Gasteiger partial charge >= 0.3 is 15.2 Å². The smallest absolute Gasteiger partial charge is 0.353 e. The molecule has 1 aromatic carbocycles. The standard InChI is InChI=1S/C12H19NO9P2S/c1-6-7(2)10(22-5)11(8(3)9(6)13(14)15)25-12(4,23(16,17)18)24(19,20)21/h1-5H3,(H2,16,17,18)(H2,19,20,21). The summed E-state index contributed by atoms with van der Waals surface area (Å²) in [4.78, 5) is 48.6. The number of benzene rings is 1. The molecular formula is C12H19NO9P2S. The number of hydrogen-bond donors (Lipinski definition) is 4. The number of rotatable bonds is 6. The van der Waals surface area contributed by atoms with Crippen LogP contribution in [0.3, 0.4) is 0 Å². The minimum absolute atomic E-state index is 0.00285. The van der Waals surface area contributed by atoms with Crippen molar-refractivity contribution in [2.75, 3.05) is 7.11 Å². The topological polar surface area (TPSA) is 167 Å². The lowest BCUT2D eigenvalue weighted by Gasteiger charge is -2.31. The quantitative estimate of drug-likeness (QED) is 0.235. The van der Waals surface area contributed by atoms with Crippen LogP contribution in [0.2, 0.25) is 0 Å². The molecule has 4 N–H and O–H groups in total. The molecule has 0 spiro atoms. The van der Waals surface area contributed by atoms with Gasteiger partial charge in [-0.1, -0.05) is 11.8 Å². The number of nitro benzene ring substituents is 1. The van der Waals surface area contributed by atoms with Gasteiger partial charge in [-0.05, 0) is 27.7 Å². The molecule has 0 heterocycles. The molecule has 0 unspecified atom stereocenters. The van der Waals surface area contributed by atoms with Crippen molar-refractivity contribution < 1.29 is 38.4 Å². The molecule has 25 heavy (non-hydrogen) atoms. The van der Waals surface area contributed by atoms with Crippen LogP contribution in [0.15, 0.2) is 4.90 Å². The minimum atomic E-state index is -5.32. The summed E-state index contributed by atoms with van der Waals surface area (Å²) in [6, 6.07) is 0. The van der Waals surface area contributed by atoms with Crippen LogP contribution in [0.5, 0.6) is 5.75 Å². The van der Waals surface area contributed by atoms with Gasteiger partial charge in [0.25, 0.3) is 5.69 Å². The fourth-order valence-corrected chi connectivity index (χ4v) is 6.02. The first-order valence-electron chi connectivity index (χ1n) is 6.72. The van der Waals surface area contributed by atoms with E-state index < -0.39 is 24.3 Å². The Hall–Kier alpha value is -0.930. The highest BCUT2D eigenvalue weighted by molar-refractivity contribution is 8.13. The first-order valence-corrected chi connectivity index (χ1v) is 10.8. The van der Waals surface area contributed by atoms with Crippen molar-refractivity contribution >= 4 is 32.6 Å². The first kappa shape index (κ1) is 22.1. The van der Waals surface area contributed by atoms with Gasteiger partial charge < -0.3 is 24.3 Å². The zero-order valence-electron chi connectivity index (χ0n) is 14.1. The minimum Gasteiger partial charge on any atom is -0.495 e. The molecule has 142 valence electrons. The predicted octanol–water partition coefficient (Wildman–Crippen LogP) is 2.65. The van der Waals surface area contributed by atoms with Crippen molar-refractivity contribution in [3.8, 4) is 5.75 Å². The van der Waals surface area contributed by atoms with Crippen molar-refractivity contribution in [2.45, 2.75) is 36.8 Å². The van der Waals surface area contributed by atoms with E-state index in [2.05, 4.69) is 0 Å². The van der Waals surface area contributed by atoms with Crippen LogP contribution in [0.4, 0.5) is 5.69 Å². The molecule has 10 nitrogen and oxygen atoms in total. The lowest BCUT2D eigenvalue weighted by molar-refractivity contribution is -0.386. The summed E-state index contributed by atoms with van der Waals surface area (Å²) < 4.78 is 26.0. The third kappa shape index (κ3) is 3.78. The second-order valence-electron chi connectivity index (χ2n) is 5.47. The van der Waals surface area contributed by atoms with Crippen LogP contribution in [0.1, 0.15) is 23.6 Å². The Labute approximate surface area is 148 Å². The zero-order valence-corrected chi connectivity index (χ0v) is 16.7. The van der Waals surface area contributed by atoms with Crippen molar-refractivity contribution in [1.29, 1.82) is 0 Å². The van der Waals surface area contributed by atoms with E-state index in [9.17, 15) is 38.8 Å². The highest BCUT2D eigenvalue weighted by Gasteiger charge is 2.58. The molecule has 1 aromatic rings. The molecule has 0 bridgehead atoms. The summed E-state index contributed by atoms with van der Waals surface area (Å²) in [5.41, 5.74) is 0.321. The SMILES string of the molecule is COc1c(C)c(C)c([N+](=O)[O-])c(C)c1SC(C)(P(=O)(O)O)P(=O)(O)O. The summed E-state index contributed by atoms with van der Waals surface area (Å²) in [7, 11) is -9.38. The maximum Gasteiger partial charge on any atom is 0.353 e. The molecule has 1 rings (SSSR count). The van der Waals surface area contributed by atoms with Crippen LogP contribution >= 0.6 is 27.0 Å². The molecular weight excluding hydrogens is 396 g/mol. The fraction of sp³-hybridized carbons (Fsp3) is 0.500. The summed E-state index contributed by atoms with van der Waals surface area (Å²) in [5.74, 6) is 0.0683. The second kappa shape index (κ2) is 7.00. The number of thioether (sulfide) groups is 1. The highest BCUT2D eigenvalue weighted by Crippen LogP contribution is 2.75. The van der Waals surface area contributed by atoms with E-state index >= 15 is 0 Å². The lowest BCUT2D eigenvalue weighted by atomic mass is 10.0. The van der Waals surface area contributed by atoms with Crippen LogP contribution in [0, 0.1) is 30.9 Å². The largest absolute Gasteiger partial charge is 0.495 e. The Bertz CT molecular complexity index is 792. The molecule has 13 heteroatoms. The number of hydrogen-bond acceptors (Lipinski definition) is 6. The van der Waals surface area contributed by atoms with E-state index in [0.29, 0.717) is 5.56 Å². The Balaban J connectivity index is 3.87. The molecule has 0 atom stereocenters. The average molecular weight is 415 g/mol. The molecule has 0 amide bonds. The Kier molecular flexibility index (Phi) is 6.19. The van der Waals surface area contributed by atoms with E-state index in [1.165, 1.54) is 27.9 Å². The average Bonchev–Trinajstić information content (AvgIpc) is 2.42. The number of methoxy groups -OCH3 is 1. The Morgan fingerprint density at radius 3 is 1.80 bits per heavy atom. The van der Waals surface area contributed by atoms with Gasteiger partial charge in [-0.3, -0.25) is 19.2 Å². The highest BCUT2D eigenvalue weighted by atomic mass is 32.2. The van der Waals surface area contributed by atoms with Gasteiger partial charge in [-0.15, -0.1) is 0 Å². The van der Waals surface area contributed by atoms with E-state index in [-0.39, 0.29) is 39.2 Å². The van der Waals surface area contributed by atoms with Gasteiger partial charge in [-0.25, -0.2) is 0 Å². The third-order valence-corrected chi connectivity index (χ3v) is 10.7. The summed E-state index contributed by atoms with van der Waals surface area (Å²) in [6.07, 6.45) is 0. The van der Waals surface area contributed by atoms with Crippen molar-refractivity contribution in [3.05, 3.63) is 26.8 Å². The molecule has 0 fully saturated rings. The van der Waals surface area contributed by atoms with E-state index in [1.807, 2.05) is 0 Å². The summed E-state index contributed by atoms with van der Waals surface area (Å²) in [6.45, 7) is 5.05. The fourth-order valence-electron chi connectivity index (χ4n) is 2.20. The second-order valence-corrected chi connectivity index (χ2v) is 11.8. The third-order valence-electron chi connectivity index (χ3n) is 3.92. The van der Waals surface area contributed by atoms with Crippen molar-refractivity contribution in [1.82, 2.24) is 0 Å².